The van der Waals surface area contributed by atoms with Crippen LogP contribution in [-0.4, -0.2) is 43.5 Å². The fourth-order valence-corrected chi connectivity index (χ4v) is 2.52. The zero-order valence-electron chi connectivity index (χ0n) is 10.9. The Kier molecular flexibility index (Phi) is 4.53. The number of imidazole rings is 1. The van der Waals surface area contributed by atoms with Crippen molar-refractivity contribution in [3.8, 4) is 0 Å². The molecule has 0 aromatic carbocycles. The Hall–Kier alpha value is -2.42. The molecule has 0 aliphatic rings. The van der Waals surface area contributed by atoms with Gasteiger partial charge in [-0.15, -0.1) is 11.3 Å². The molecule has 0 aliphatic heterocycles. The highest BCUT2D eigenvalue weighted by molar-refractivity contribution is 7.15. The molecule has 0 radical (unpaired) electrons. The lowest BCUT2D eigenvalue weighted by Gasteiger charge is -2.12. The van der Waals surface area contributed by atoms with Crippen molar-refractivity contribution in [2.24, 2.45) is 0 Å². The molecule has 0 saturated heterocycles. The summed E-state index contributed by atoms with van der Waals surface area (Å²) in [6.07, 6.45) is 2.97. The molecule has 0 spiro atoms. The van der Waals surface area contributed by atoms with E-state index >= 15 is 0 Å². The molecule has 9 heteroatoms. The normalized spacial score (nSPS) is 12.2. The summed E-state index contributed by atoms with van der Waals surface area (Å²) in [4.78, 5) is 38.2. The van der Waals surface area contributed by atoms with Crippen LogP contribution in [0.5, 0.6) is 0 Å². The van der Waals surface area contributed by atoms with Gasteiger partial charge in [0.05, 0.1) is 12.1 Å². The molecule has 2 rings (SSSR count). The number of aliphatic carboxylic acids is 2. The van der Waals surface area contributed by atoms with Crippen molar-refractivity contribution in [3.63, 3.8) is 0 Å². The average Bonchev–Trinajstić information content (AvgIpc) is 2.94. The van der Waals surface area contributed by atoms with E-state index in [1.807, 2.05) is 5.38 Å². The first-order valence-electron chi connectivity index (χ1n) is 6.10. The number of carbonyl (C=O) groups is 3. The summed E-state index contributed by atoms with van der Waals surface area (Å²) in [5.41, 5.74) is 0.529. The monoisotopic (exact) mass is 311 g/mol. The van der Waals surface area contributed by atoms with Crippen LogP contribution in [0.2, 0.25) is 0 Å². The van der Waals surface area contributed by atoms with Crippen LogP contribution in [0.15, 0.2) is 17.8 Å². The summed E-state index contributed by atoms with van der Waals surface area (Å²) in [6, 6.07) is -1.21. The van der Waals surface area contributed by atoms with Crippen LogP contribution in [0.4, 0.5) is 0 Å². The molecule has 0 saturated carbocycles. The molecule has 0 fully saturated rings. The number of hydrogen-bond acceptors (Lipinski definition) is 5. The average molecular weight is 311 g/mol. The van der Waals surface area contributed by atoms with E-state index in [4.69, 9.17) is 10.2 Å². The van der Waals surface area contributed by atoms with Gasteiger partial charge in [-0.25, -0.2) is 9.78 Å². The molecule has 2 heterocycles. The Bertz CT molecular complexity index is 649. The predicted octanol–water partition coefficient (Wildman–Crippen LogP) is 0.372. The topological polar surface area (TPSA) is 121 Å². The number of carbonyl (C=O) groups excluding carboxylic acids is 1. The molecule has 1 unspecified atom stereocenters. The number of carboxylic acid groups (broad SMARTS) is 2. The number of fused-ring (bicyclic) bond motifs is 1. The number of thiazole rings is 1. The number of nitrogens with zero attached hydrogens (tertiary/aromatic N) is 2. The summed E-state index contributed by atoms with van der Waals surface area (Å²) < 4.78 is 1.77. The van der Waals surface area contributed by atoms with Gasteiger partial charge in [0.15, 0.2) is 4.96 Å². The zero-order valence-corrected chi connectivity index (χ0v) is 11.7. The van der Waals surface area contributed by atoms with Crippen molar-refractivity contribution in [1.29, 1.82) is 0 Å². The number of aromatic nitrogens is 2. The molecule has 1 atom stereocenters. The van der Waals surface area contributed by atoms with Crippen molar-refractivity contribution in [3.05, 3.63) is 23.5 Å². The highest BCUT2D eigenvalue weighted by atomic mass is 32.1. The van der Waals surface area contributed by atoms with Crippen molar-refractivity contribution >= 4 is 34.1 Å². The number of rotatable bonds is 7. The van der Waals surface area contributed by atoms with E-state index in [9.17, 15) is 14.4 Å². The Morgan fingerprint density at radius 2 is 2.14 bits per heavy atom. The molecule has 2 aromatic heterocycles. The summed E-state index contributed by atoms with van der Waals surface area (Å²) in [5, 5.41) is 21.7. The largest absolute Gasteiger partial charge is 0.481 e. The highest BCUT2D eigenvalue weighted by Gasteiger charge is 2.21. The van der Waals surface area contributed by atoms with E-state index < -0.39 is 23.9 Å². The molecule has 112 valence electrons. The second-order valence-corrected chi connectivity index (χ2v) is 5.27. The van der Waals surface area contributed by atoms with E-state index in [1.54, 1.807) is 16.8 Å². The maximum absolute atomic E-state index is 11.8. The van der Waals surface area contributed by atoms with Gasteiger partial charge in [0.25, 0.3) is 0 Å². The molecule has 2 aromatic rings. The van der Waals surface area contributed by atoms with Crippen molar-refractivity contribution < 1.29 is 24.6 Å². The summed E-state index contributed by atoms with van der Waals surface area (Å²) >= 11 is 1.43. The Balaban J connectivity index is 1.93. The van der Waals surface area contributed by atoms with Gasteiger partial charge in [0.1, 0.15) is 6.04 Å². The molecular weight excluding hydrogens is 298 g/mol. The second-order valence-electron chi connectivity index (χ2n) is 4.39. The van der Waals surface area contributed by atoms with Crippen LogP contribution < -0.4 is 5.32 Å². The third kappa shape index (κ3) is 4.02. The van der Waals surface area contributed by atoms with Crippen LogP contribution in [0.25, 0.3) is 4.96 Å². The van der Waals surface area contributed by atoms with Gasteiger partial charge in [-0.05, 0) is 6.42 Å². The van der Waals surface area contributed by atoms with Gasteiger partial charge in [-0.3, -0.25) is 14.0 Å². The van der Waals surface area contributed by atoms with Gasteiger partial charge in [-0.2, -0.15) is 0 Å². The Morgan fingerprint density at radius 1 is 1.38 bits per heavy atom. The lowest BCUT2D eigenvalue weighted by molar-refractivity contribution is -0.143. The first-order valence-corrected chi connectivity index (χ1v) is 6.98. The van der Waals surface area contributed by atoms with Crippen LogP contribution in [0.3, 0.4) is 0 Å². The van der Waals surface area contributed by atoms with Gasteiger partial charge in [0, 0.05) is 24.2 Å². The minimum absolute atomic E-state index is 0.0503. The smallest absolute Gasteiger partial charge is 0.326 e. The minimum atomic E-state index is -1.25. The molecule has 0 aliphatic carbocycles. The maximum atomic E-state index is 11.8. The summed E-state index contributed by atoms with van der Waals surface area (Å²) in [5.74, 6) is -2.86. The number of hydrogen-bond donors (Lipinski definition) is 3. The molecular formula is C12H13N3O5S. The van der Waals surface area contributed by atoms with Gasteiger partial charge in [-0.1, -0.05) is 0 Å². The lowest BCUT2D eigenvalue weighted by Crippen LogP contribution is -2.41. The van der Waals surface area contributed by atoms with Crippen molar-refractivity contribution in [1.82, 2.24) is 14.7 Å². The first-order chi connectivity index (χ1) is 9.95. The third-order valence-corrected chi connectivity index (χ3v) is 3.54. The molecule has 3 N–H and O–H groups in total. The summed E-state index contributed by atoms with van der Waals surface area (Å²) in [6.45, 7) is 0. The second kappa shape index (κ2) is 6.35. The SMILES string of the molecule is O=C(O)CCC(NC(=O)Cc1cn2ccsc2n1)C(=O)O. The first kappa shape index (κ1) is 15.0. The highest BCUT2D eigenvalue weighted by Crippen LogP contribution is 2.11. The quantitative estimate of drug-likeness (QED) is 0.679. The number of nitrogens with one attached hydrogen (secondary N) is 1. The van der Waals surface area contributed by atoms with E-state index in [2.05, 4.69) is 10.3 Å². The van der Waals surface area contributed by atoms with E-state index in [0.29, 0.717) is 5.69 Å². The standard InChI is InChI=1S/C12H13N3O5S/c16-9(14-8(11(19)20)1-2-10(17)18)5-7-6-15-3-4-21-12(15)13-7/h3-4,6,8H,1-2,5H2,(H,14,16)(H,17,18)(H,19,20). The minimum Gasteiger partial charge on any atom is -0.481 e. The Labute approximate surface area is 123 Å². The predicted molar refractivity (Wildman–Crippen MR) is 73.2 cm³/mol. The number of amides is 1. The fourth-order valence-electron chi connectivity index (χ4n) is 1.80. The molecule has 8 nitrogen and oxygen atoms in total. The van der Waals surface area contributed by atoms with E-state index in [-0.39, 0.29) is 19.3 Å². The fraction of sp³-hybridized carbons (Fsp3) is 0.333. The molecule has 1 amide bonds. The number of carboxylic acids is 2. The van der Waals surface area contributed by atoms with E-state index in [1.165, 1.54) is 11.3 Å². The van der Waals surface area contributed by atoms with Crippen molar-refractivity contribution in [2.45, 2.75) is 25.3 Å². The Morgan fingerprint density at radius 3 is 2.76 bits per heavy atom. The molecule has 0 bridgehead atoms. The molecule has 21 heavy (non-hydrogen) atoms. The van der Waals surface area contributed by atoms with Crippen LogP contribution in [-0.2, 0) is 20.8 Å². The van der Waals surface area contributed by atoms with Crippen LogP contribution in [0, 0.1) is 0 Å². The van der Waals surface area contributed by atoms with Crippen LogP contribution >= 0.6 is 11.3 Å². The van der Waals surface area contributed by atoms with Gasteiger partial charge >= 0.3 is 11.9 Å². The van der Waals surface area contributed by atoms with Gasteiger partial charge < -0.3 is 15.5 Å². The van der Waals surface area contributed by atoms with E-state index in [0.717, 1.165) is 4.96 Å². The van der Waals surface area contributed by atoms with Crippen LogP contribution in [0.1, 0.15) is 18.5 Å². The zero-order chi connectivity index (χ0) is 15.4. The summed E-state index contributed by atoms with van der Waals surface area (Å²) in [7, 11) is 0. The van der Waals surface area contributed by atoms with Crippen molar-refractivity contribution in [2.75, 3.05) is 0 Å². The van der Waals surface area contributed by atoms with Gasteiger partial charge in [0.2, 0.25) is 5.91 Å². The maximum Gasteiger partial charge on any atom is 0.326 e. The lowest BCUT2D eigenvalue weighted by atomic mass is 10.1. The third-order valence-electron chi connectivity index (χ3n) is 2.77.